The van der Waals surface area contributed by atoms with Gasteiger partial charge in [-0.2, -0.15) is 4.31 Å². The van der Waals surface area contributed by atoms with Gasteiger partial charge < -0.3 is 10.6 Å². The van der Waals surface area contributed by atoms with Gasteiger partial charge in [-0.05, 0) is 43.6 Å². The van der Waals surface area contributed by atoms with Crippen LogP contribution in [0.4, 0.5) is 0 Å². The normalized spacial score (nSPS) is 21.9. The molecule has 1 aromatic rings. The Morgan fingerprint density at radius 2 is 1.82 bits per heavy atom. The molecule has 1 aromatic heterocycles. The third-order valence-electron chi connectivity index (χ3n) is 5.54. The maximum atomic E-state index is 12.9. The first-order valence-corrected chi connectivity index (χ1v) is 12.4. The van der Waals surface area contributed by atoms with Crippen LogP contribution in [0.2, 0.25) is 0 Å². The third kappa shape index (κ3) is 5.33. The highest BCUT2D eigenvalue weighted by atomic mass is 32.2. The smallest absolute Gasteiger partial charge is 0.309 e. The maximum Gasteiger partial charge on any atom is 0.309 e. The fourth-order valence-electron chi connectivity index (χ4n) is 4.04. The third-order valence-corrected chi connectivity index (χ3v) is 8.87. The summed E-state index contributed by atoms with van der Waals surface area (Å²) in [5.74, 6) is -1.22. The molecule has 2 fully saturated rings. The summed E-state index contributed by atoms with van der Waals surface area (Å²) in [7, 11) is -3.49. The molecule has 7 nitrogen and oxygen atoms in total. The van der Waals surface area contributed by atoms with Crippen molar-refractivity contribution in [3.63, 3.8) is 0 Å². The van der Waals surface area contributed by atoms with E-state index in [1.54, 1.807) is 21.8 Å². The van der Waals surface area contributed by atoms with Crippen LogP contribution >= 0.6 is 11.3 Å². The fraction of sp³-hybridized carbons (Fsp3) is 0.684. The van der Waals surface area contributed by atoms with Crippen LogP contribution in [-0.2, 0) is 19.6 Å². The molecule has 9 heteroatoms. The average molecular weight is 428 g/mol. The molecular formula is C19H29N3O4S2. The number of carbonyl (C=O) groups is 2. The van der Waals surface area contributed by atoms with Gasteiger partial charge in [-0.15, -0.1) is 11.3 Å². The molecule has 1 aliphatic carbocycles. The first kappa shape index (κ1) is 21.3. The second kappa shape index (κ2) is 9.84. The Bertz CT molecular complexity index is 758. The summed E-state index contributed by atoms with van der Waals surface area (Å²) in [5.41, 5.74) is 0. The Balaban J connectivity index is 1.49. The maximum absolute atomic E-state index is 12.9. The van der Waals surface area contributed by atoms with Crippen molar-refractivity contribution in [2.45, 2.75) is 74.1 Å². The number of hydrogen-bond acceptors (Lipinski definition) is 5. The highest BCUT2D eigenvalue weighted by molar-refractivity contribution is 7.91. The number of nitrogens with zero attached hydrogens (tertiary/aromatic N) is 1. The second-order valence-corrected chi connectivity index (χ2v) is 10.6. The highest BCUT2D eigenvalue weighted by Gasteiger charge is 2.34. The molecule has 3 rings (SSSR count). The van der Waals surface area contributed by atoms with E-state index in [4.69, 9.17) is 0 Å². The summed E-state index contributed by atoms with van der Waals surface area (Å²) in [4.78, 5) is 24.1. The van der Waals surface area contributed by atoms with Crippen molar-refractivity contribution < 1.29 is 18.0 Å². The second-order valence-electron chi connectivity index (χ2n) is 7.55. The molecule has 156 valence electrons. The summed E-state index contributed by atoms with van der Waals surface area (Å²) in [6, 6.07) is 3.31. The molecule has 2 aliphatic rings. The number of rotatable bonds is 6. The van der Waals surface area contributed by atoms with Crippen LogP contribution < -0.4 is 10.6 Å². The van der Waals surface area contributed by atoms with Gasteiger partial charge in [-0.25, -0.2) is 8.42 Å². The Kier molecular flexibility index (Phi) is 7.48. The van der Waals surface area contributed by atoms with Crippen LogP contribution in [0.15, 0.2) is 21.7 Å². The molecular weight excluding hydrogens is 398 g/mol. The number of amides is 2. The van der Waals surface area contributed by atoms with Crippen LogP contribution in [0.25, 0.3) is 0 Å². The first-order valence-electron chi connectivity index (χ1n) is 10.1. The number of piperidine rings is 1. The monoisotopic (exact) mass is 427 g/mol. The van der Waals surface area contributed by atoms with E-state index < -0.39 is 21.8 Å². The zero-order chi connectivity index (χ0) is 20.0. The van der Waals surface area contributed by atoms with Gasteiger partial charge in [-0.1, -0.05) is 31.7 Å². The van der Waals surface area contributed by atoms with Crippen molar-refractivity contribution in [2.75, 3.05) is 13.1 Å². The molecule has 2 heterocycles. The predicted molar refractivity (Wildman–Crippen MR) is 108 cm³/mol. The van der Waals surface area contributed by atoms with Gasteiger partial charge in [0.05, 0.1) is 0 Å². The van der Waals surface area contributed by atoms with Crippen molar-refractivity contribution in [3.05, 3.63) is 17.5 Å². The standard InChI is InChI=1S/C19H29N3O4S2/c23-18(19(24)21-15-7-2-1-3-8-15)20-12-11-16-9-4-5-13-22(16)28(25,26)17-10-6-14-27-17/h6,10,14-16H,1-5,7-9,11-13H2,(H,20,23)(H,21,24). The van der Waals surface area contributed by atoms with Crippen LogP contribution in [0.3, 0.4) is 0 Å². The quantitative estimate of drug-likeness (QED) is 0.681. The lowest BCUT2D eigenvalue weighted by atomic mass is 9.95. The van der Waals surface area contributed by atoms with Gasteiger partial charge in [0, 0.05) is 25.2 Å². The first-order chi connectivity index (χ1) is 13.5. The zero-order valence-corrected chi connectivity index (χ0v) is 17.7. The van der Waals surface area contributed by atoms with Gasteiger partial charge in [0.2, 0.25) is 0 Å². The average Bonchev–Trinajstić information content (AvgIpc) is 3.25. The summed E-state index contributed by atoms with van der Waals surface area (Å²) < 4.78 is 27.7. The Labute approximate surface area is 170 Å². The molecule has 2 N–H and O–H groups in total. The Morgan fingerprint density at radius 3 is 2.54 bits per heavy atom. The summed E-state index contributed by atoms with van der Waals surface area (Å²) in [6.45, 7) is 0.791. The largest absolute Gasteiger partial charge is 0.348 e. The van der Waals surface area contributed by atoms with Gasteiger partial charge in [0.1, 0.15) is 4.21 Å². The minimum atomic E-state index is -3.49. The molecule has 1 saturated heterocycles. The molecule has 1 unspecified atom stereocenters. The summed E-state index contributed by atoms with van der Waals surface area (Å²) in [6.07, 6.45) is 8.31. The van der Waals surface area contributed by atoms with Crippen LogP contribution in [-0.4, -0.2) is 49.7 Å². The molecule has 0 radical (unpaired) electrons. The van der Waals surface area contributed by atoms with E-state index in [9.17, 15) is 18.0 Å². The molecule has 0 spiro atoms. The lowest BCUT2D eigenvalue weighted by Gasteiger charge is -2.34. The molecule has 0 aromatic carbocycles. The summed E-state index contributed by atoms with van der Waals surface area (Å²) >= 11 is 1.22. The Hall–Kier alpha value is -1.45. The van der Waals surface area contributed by atoms with Crippen molar-refractivity contribution >= 4 is 33.2 Å². The van der Waals surface area contributed by atoms with E-state index in [0.717, 1.165) is 44.9 Å². The number of thiophene rings is 1. The van der Waals surface area contributed by atoms with Gasteiger partial charge in [0.15, 0.2) is 0 Å². The molecule has 28 heavy (non-hydrogen) atoms. The highest BCUT2D eigenvalue weighted by Crippen LogP contribution is 2.29. The van der Waals surface area contributed by atoms with E-state index in [1.807, 2.05) is 0 Å². The number of sulfonamides is 1. The molecule has 1 saturated carbocycles. The van der Waals surface area contributed by atoms with Gasteiger partial charge >= 0.3 is 11.8 Å². The fourth-order valence-corrected chi connectivity index (χ4v) is 6.88. The number of nitrogens with one attached hydrogen (secondary N) is 2. The van der Waals surface area contributed by atoms with Crippen molar-refractivity contribution in [1.82, 2.24) is 14.9 Å². The van der Waals surface area contributed by atoms with Gasteiger partial charge in [0.25, 0.3) is 10.0 Å². The number of hydrogen-bond donors (Lipinski definition) is 2. The van der Waals surface area contributed by atoms with E-state index in [1.165, 1.54) is 17.8 Å². The minimum Gasteiger partial charge on any atom is -0.348 e. The zero-order valence-electron chi connectivity index (χ0n) is 16.1. The topological polar surface area (TPSA) is 95.6 Å². The summed E-state index contributed by atoms with van der Waals surface area (Å²) in [5, 5.41) is 7.22. The molecule has 0 bridgehead atoms. The van der Waals surface area contributed by atoms with Crippen LogP contribution in [0.5, 0.6) is 0 Å². The van der Waals surface area contributed by atoms with Crippen LogP contribution in [0, 0.1) is 0 Å². The van der Waals surface area contributed by atoms with Crippen molar-refractivity contribution in [2.24, 2.45) is 0 Å². The van der Waals surface area contributed by atoms with Crippen LogP contribution in [0.1, 0.15) is 57.8 Å². The van der Waals surface area contributed by atoms with Crippen molar-refractivity contribution in [1.29, 1.82) is 0 Å². The Morgan fingerprint density at radius 1 is 1.07 bits per heavy atom. The molecule has 1 aliphatic heterocycles. The van der Waals surface area contributed by atoms with E-state index >= 15 is 0 Å². The lowest BCUT2D eigenvalue weighted by molar-refractivity contribution is -0.139. The lowest BCUT2D eigenvalue weighted by Crippen LogP contribution is -2.47. The van der Waals surface area contributed by atoms with E-state index in [0.29, 0.717) is 17.2 Å². The number of carbonyl (C=O) groups excluding carboxylic acids is 2. The SMILES string of the molecule is O=C(NCCC1CCCCN1S(=O)(=O)c1cccs1)C(=O)NC1CCCCC1. The predicted octanol–water partition coefficient (Wildman–Crippen LogP) is 2.25. The molecule has 2 amide bonds. The van der Waals surface area contributed by atoms with E-state index in [-0.39, 0.29) is 18.6 Å². The van der Waals surface area contributed by atoms with Gasteiger partial charge in [-0.3, -0.25) is 9.59 Å². The molecule has 1 atom stereocenters. The minimum absolute atomic E-state index is 0.0942. The van der Waals surface area contributed by atoms with Crippen molar-refractivity contribution in [3.8, 4) is 0 Å². The van der Waals surface area contributed by atoms with E-state index in [2.05, 4.69) is 10.6 Å².